The maximum Gasteiger partial charge on any atom is 0.472 e. The van der Waals surface area contributed by atoms with Crippen LogP contribution in [-0.4, -0.2) is 73.4 Å². The van der Waals surface area contributed by atoms with E-state index in [1.165, 1.54) is 218 Å². The highest BCUT2D eigenvalue weighted by Gasteiger charge is 2.27. The van der Waals surface area contributed by atoms with E-state index in [9.17, 15) is 19.4 Å². The van der Waals surface area contributed by atoms with Gasteiger partial charge in [0.15, 0.2) is 0 Å². The Morgan fingerprint density at radius 2 is 0.838 bits per heavy atom. The molecule has 0 aromatic heterocycles. The third kappa shape index (κ3) is 52.5. The zero-order valence-corrected chi connectivity index (χ0v) is 46.8. The van der Waals surface area contributed by atoms with E-state index in [4.69, 9.17) is 9.05 Å². The first-order valence-corrected chi connectivity index (χ1v) is 30.9. The molecule has 0 aliphatic rings. The average molecular weight is 981 g/mol. The Morgan fingerprint density at radius 1 is 0.500 bits per heavy atom. The standard InChI is InChI=1S/C59H115N2O6P/c1-6-8-10-12-14-16-17-18-19-20-21-22-23-24-25-26-27-28-29-30-31-32-33-34-35-36-37-38-39-40-41-42-43-45-47-49-51-53-59(63)60-57(56-67-68(64,65)66-55-54-61(3,4)5)58(62)52-50-48-46-44-15-13-11-9-7-2/h17-18,20-21,50,52,57-58,62H,6-16,19,22-49,51,53-56H2,1-5H3,(H-,60,63,64,65)/p+1/b18-17-,21-20-,52-50+. The van der Waals surface area contributed by atoms with Gasteiger partial charge < -0.3 is 19.8 Å². The molecule has 3 N–H and O–H groups in total. The van der Waals surface area contributed by atoms with Crippen molar-refractivity contribution in [1.29, 1.82) is 0 Å². The van der Waals surface area contributed by atoms with Gasteiger partial charge in [0.25, 0.3) is 0 Å². The maximum absolute atomic E-state index is 12.9. The maximum atomic E-state index is 12.9. The predicted molar refractivity (Wildman–Crippen MR) is 295 cm³/mol. The summed E-state index contributed by atoms with van der Waals surface area (Å²) in [7, 11) is 1.58. The third-order valence-corrected chi connectivity index (χ3v) is 14.3. The zero-order valence-electron chi connectivity index (χ0n) is 45.9. The summed E-state index contributed by atoms with van der Waals surface area (Å²) < 4.78 is 23.6. The van der Waals surface area contributed by atoms with Crippen molar-refractivity contribution in [2.75, 3.05) is 40.9 Å². The minimum Gasteiger partial charge on any atom is -0.387 e. The van der Waals surface area contributed by atoms with Crippen LogP contribution in [-0.2, 0) is 18.4 Å². The van der Waals surface area contributed by atoms with Crippen molar-refractivity contribution in [2.24, 2.45) is 0 Å². The van der Waals surface area contributed by atoms with Crippen molar-refractivity contribution in [3.05, 3.63) is 36.5 Å². The van der Waals surface area contributed by atoms with E-state index in [0.29, 0.717) is 17.4 Å². The molecule has 9 heteroatoms. The molecule has 0 heterocycles. The summed E-state index contributed by atoms with van der Waals surface area (Å²) in [6.07, 6.45) is 65.7. The summed E-state index contributed by atoms with van der Waals surface area (Å²) in [5.41, 5.74) is 0. The van der Waals surface area contributed by atoms with Crippen molar-refractivity contribution in [3.8, 4) is 0 Å². The smallest absolute Gasteiger partial charge is 0.387 e. The number of aliphatic hydroxyl groups excluding tert-OH is 1. The number of carbonyl (C=O) groups is 1. The molecular formula is C59H116N2O6P+. The average Bonchev–Trinajstić information content (AvgIpc) is 3.30. The number of nitrogens with one attached hydrogen (secondary N) is 1. The number of rotatable bonds is 54. The molecule has 1 amide bonds. The highest BCUT2D eigenvalue weighted by Crippen LogP contribution is 2.43. The number of nitrogens with zero attached hydrogens (tertiary/aromatic N) is 1. The van der Waals surface area contributed by atoms with Crippen LogP contribution in [0.5, 0.6) is 0 Å². The van der Waals surface area contributed by atoms with Crippen LogP contribution >= 0.6 is 7.82 Å². The largest absolute Gasteiger partial charge is 0.472 e. The fraction of sp³-hybridized carbons (Fsp3) is 0.881. The number of aliphatic hydroxyl groups is 1. The van der Waals surface area contributed by atoms with Crippen LogP contribution in [0.25, 0.3) is 0 Å². The van der Waals surface area contributed by atoms with E-state index in [1.807, 2.05) is 27.2 Å². The number of carbonyl (C=O) groups excluding carboxylic acids is 1. The lowest BCUT2D eigenvalue weighted by atomic mass is 10.0. The highest BCUT2D eigenvalue weighted by atomic mass is 31.2. The lowest BCUT2D eigenvalue weighted by molar-refractivity contribution is -0.870. The molecule has 0 aliphatic heterocycles. The van der Waals surface area contributed by atoms with Crippen molar-refractivity contribution in [3.63, 3.8) is 0 Å². The molecule has 68 heavy (non-hydrogen) atoms. The molecular weight excluding hydrogens is 864 g/mol. The van der Waals surface area contributed by atoms with Crippen molar-refractivity contribution in [2.45, 2.75) is 296 Å². The summed E-state index contributed by atoms with van der Waals surface area (Å²) in [4.78, 5) is 23.2. The van der Waals surface area contributed by atoms with E-state index >= 15 is 0 Å². The monoisotopic (exact) mass is 980 g/mol. The third-order valence-electron chi connectivity index (χ3n) is 13.4. The Labute approximate surface area is 423 Å². The minimum atomic E-state index is -4.33. The zero-order chi connectivity index (χ0) is 49.9. The van der Waals surface area contributed by atoms with Gasteiger partial charge in [-0.25, -0.2) is 4.57 Å². The second-order valence-electron chi connectivity index (χ2n) is 21.4. The van der Waals surface area contributed by atoms with Crippen LogP contribution in [0.1, 0.15) is 284 Å². The molecule has 0 aliphatic carbocycles. The summed E-state index contributed by atoms with van der Waals surface area (Å²) in [5.74, 6) is -0.175. The summed E-state index contributed by atoms with van der Waals surface area (Å²) >= 11 is 0. The molecule has 8 nitrogen and oxygen atoms in total. The first kappa shape index (κ1) is 66.7. The SMILES string of the molecule is CCCCCCC/C=C\C/C=C\CCCCCCCCCCCCCCCCCCCCCCCCCCCC(=O)NC(COP(=O)(O)OCC[N+](C)(C)C)C(O)/C=C/CCCCCCCCC. The molecule has 0 saturated carbocycles. The van der Waals surface area contributed by atoms with Gasteiger partial charge >= 0.3 is 7.82 Å². The minimum absolute atomic E-state index is 0.0631. The number of quaternary nitrogens is 1. The molecule has 0 aromatic carbocycles. The molecule has 0 rings (SSSR count). The lowest BCUT2D eigenvalue weighted by Crippen LogP contribution is -2.45. The molecule has 0 radical (unpaired) electrons. The number of likely N-dealkylation sites (N-methyl/N-ethyl adjacent to an activating group) is 1. The van der Waals surface area contributed by atoms with Gasteiger partial charge in [0.1, 0.15) is 13.2 Å². The van der Waals surface area contributed by atoms with E-state index in [-0.39, 0.29) is 19.1 Å². The number of allylic oxidation sites excluding steroid dienone is 5. The molecule has 0 fully saturated rings. The van der Waals surface area contributed by atoms with Crippen LogP contribution in [0.3, 0.4) is 0 Å². The number of hydrogen-bond acceptors (Lipinski definition) is 5. The lowest BCUT2D eigenvalue weighted by Gasteiger charge is -2.25. The molecule has 0 saturated heterocycles. The molecule has 402 valence electrons. The Kier molecular flexibility index (Phi) is 49.7. The fourth-order valence-corrected chi connectivity index (χ4v) is 9.46. The van der Waals surface area contributed by atoms with Crippen LogP contribution < -0.4 is 5.32 Å². The van der Waals surface area contributed by atoms with Crippen molar-refractivity contribution < 1.29 is 32.9 Å². The number of phosphoric ester groups is 1. The van der Waals surface area contributed by atoms with Crippen LogP contribution in [0, 0.1) is 0 Å². The normalized spacial score (nSPS) is 14.2. The second-order valence-corrected chi connectivity index (χ2v) is 22.8. The Bertz CT molecular complexity index is 1200. The summed E-state index contributed by atoms with van der Waals surface area (Å²) in [6, 6.07) is -0.842. The van der Waals surface area contributed by atoms with Gasteiger partial charge in [-0.1, -0.05) is 262 Å². The first-order chi connectivity index (χ1) is 33.0. The van der Waals surface area contributed by atoms with Gasteiger partial charge in [-0.2, -0.15) is 0 Å². The van der Waals surface area contributed by atoms with Crippen LogP contribution in [0.15, 0.2) is 36.5 Å². The van der Waals surface area contributed by atoms with Gasteiger partial charge in [0.2, 0.25) is 5.91 Å². The molecule has 0 bridgehead atoms. The van der Waals surface area contributed by atoms with E-state index in [0.717, 1.165) is 44.9 Å². The fourth-order valence-electron chi connectivity index (χ4n) is 8.72. The Hall–Kier alpha value is -1.28. The van der Waals surface area contributed by atoms with Crippen molar-refractivity contribution in [1.82, 2.24) is 5.32 Å². The van der Waals surface area contributed by atoms with Gasteiger partial charge in [-0.05, 0) is 51.4 Å². The van der Waals surface area contributed by atoms with Crippen LogP contribution in [0.4, 0.5) is 0 Å². The van der Waals surface area contributed by atoms with E-state index < -0.39 is 20.0 Å². The topological polar surface area (TPSA) is 105 Å². The Balaban J connectivity index is 3.82. The number of amides is 1. The Morgan fingerprint density at radius 3 is 1.21 bits per heavy atom. The molecule has 0 spiro atoms. The second kappa shape index (κ2) is 50.7. The quantitative estimate of drug-likeness (QED) is 0.0243. The van der Waals surface area contributed by atoms with Crippen LogP contribution in [0.2, 0.25) is 0 Å². The van der Waals surface area contributed by atoms with Gasteiger partial charge in [-0.3, -0.25) is 13.8 Å². The number of unbranched alkanes of at least 4 members (excludes halogenated alkanes) is 37. The van der Waals surface area contributed by atoms with Gasteiger partial charge in [0, 0.05) is 6.42 Å². The van der Waals surface area contributed by atoms with Gasteiger partial charge in [-0.15, -0.1) is 0 Å². The molecule has 3 unspecified atom stereocenters. The highest BCUT2D eigenvalue weighted by molar-refractivity contribution is 7.47. The summed E-state index contributed by atoms with van der Waals surface area (Å²) in [5, 5.41) is 13.8. The van der Waals surface area contributed by atoms with Crippen molar-refractivity contribution >= 4 is 13.7 Å². The molecule has 3 atom stereocenters. The first-order valence-electron chi connectivity index (χ1n) is 29.4. The van der Waals surface area contributed by atoms with E-state index in [1.54, 1.807) is 6.08 Å². The summed E-state index contributed by atoms with van der Waals surface area (Å²) in [6.45, 7) is 4.79. The number of hydrogen-bond donors (Lipinski definition) is 3. The van der Waals surface area contributed by atoms with Gasteiger partial charge in [0.05, 0.1) is 39.9 Å². The number of phosphoric acid groups is 1. The molecule has 0 aromatic rings. The van der Waals surface area contributed by atoms with E-state index in [2.05, 4.69) is 43.5 Å². The predicted octanol–water partition coefficient (Wildman–Crippen LogP) is 17.8.